The van der Waals surface area contributed by atoms with Crippen molar-refractivity contribution in [2.24, 2.45) is 0 Å². The van der Waals surface area contributed by atoms with Crippen LogP contribution in [0.25, 0.3) is 64.0 Å². The highest BCUT2D eigenvalue weighted by Crippen LogP contribution is 2.40. The highest BCUT2D eigenvalue weighted by atomic mass is 32.1. The Morgan fingerprint density at radius 1 is 0.452 bits per heavy atom. The summed E-state index contributed by atoms with van der Waals surface area (Å²) >= 11 is 1.86. The third-order valence-corrected chi connectivity index (χ3v) is 7.60. The molecule has 0 nitrogen and oxygen atoms in total. The normalized spacial score (nSPS) is 11.9. The Hall–Kier alpha value is -3.68. The first-order valence-corrected chi connectivity index (χ1v) is 11.4. The van der Waals surface area contributed by atoms with Gasteiger partial charge in [-0.25, -0.2) is 0 Å². The highest BCUT2D eigenvalue weighted by Gasteiger charge is 2.12. The quantitative estimate of drug-likeness (QED) is 0.249. The Balaban J connectivity index is 1.40. The lowest BCUT2D eigenvalue weighted by atomic mass is 9.90. The molecule has 1 aromatic heterocycles. The Kier molecular flexibility index (Phi) is 3.52. The van der Waals surface area contributed by atoms with Crippen molar-refractivity contribution in [3.05, 3.63) is 109 Å². The predicted octanol–water partition coefficient (Wildman–Crippen LogP) is 9.13. The second-order valence-corrected chi connectivity index (χ2v) is 9.28. The molecule has 0 bridgehead atoms. The standard InChI is InChI=1S/C30H18S/c1-2-7-27-24(4-1)18-28(31-27)20-10-8-19(9-11-20)25-16-14-23-13-12-21-5-3-6-22-15-17-26(25)30(23)29(21)22/h1-18H. The number of thiophene rings is 1. The topological polar surface area (TPSA) is 0 Å². The van der Waals surface area contributed by atoms with Crippen molar-refractivity contribution in [3.63, 3.8) is 0 Å². The van der Waals surface area contributed by atoms with Gasteiger partial charge in [-0.2, -0.15) is 0 Å². The van der Waals surface area contributed by atoms with E-state index in [1.807, 2.05) is 11.3 Å². The molecule has 0 aliphatic carbocycles. The number of benzene rings is 6. The minimum absolute atomic E-state index is 1.27. The minimum Gasteiger partial charge on any atom is -0.135 e. The van der Waals surface area contributed by atoms with Gasteiger partial charge in [0.2, 0.25) is 0 Å². The van der Waals surface area contributed by atoms with Crippen molar-refractivity contribution in [1.82, 2.24) is 0 Å². The van der Waals surface area contributed by atoms with Gasteiger partial charge in [0.25, 0.3) is 0 Å². The smallest absolute Gasteiger partial charge is 0.0355 e. The monoisotopic (exact) mass is 410 g/mol. The molecular formula is C30H18S. The van der Waals surface area contributed by atoms with E-state index in [9.17, 15) is 0 Å². The Morgan fingerprint density at radius 3 is 1.90 bits per heavy atom. The van der Waals surface area contributed by atoms with Crippen LogP contribution < -0.4 is 0 Å². The third-order valence-electron chi connectivity index (χ3n) is 6.43. The van der Waals surface area contributed by atoms with Gasteiger partial charge in [-0.1, -0.05) is 97.1 Å². The first-order chi connectivity index (χ1) is 15.3. The summed E-state index contributed by atoms with van der Waals surface area (Å²) in [6.07, 6.45) is 0. The number of rotatable bonds is 2. The van der Waals surface area contributed by atoms with Crippen LogP contribution in [0.4, 0.5) is 0 Å². The SMILES string of the molecule is c1ccc2sc(-c3ccc(-c4ccc5ccc6cccc7ccc4c5c67)cc3)cc2c1. The molecule has 0 unspecified atom stereocenters. The van der Waals surface area contributed by atoms with Crippen molar-refractivity contribution < 1.29 is 0 Å². The first kappa shape index (κ1) is 17.0. The van der Waals surface area contributed by atoms with Gasteiger partial charge in [-0.3, -0.25) is 0 Å². The molecule has 0 radical (unpaired) electrons. The lowest BCUT2D eigenvalue weighted by Gasteiger charge is -2.14. The number of hydrogen-bond donors (Lipinski definition) is 0. The van der Waals surface area contributed by atoms with Gasteiger partial charge in [-0.05, 0) is 66.5 Å². The maximum absolute atomic E-state index is 2.30. The highest BCUT2D eigenvalue weighted by molar-refractivity contribution is 7.22. The molecule has 0 spiro atoms. The van der Waals surface area contributed by atoms with Crippen molar-refractivity contribution in [3.8, 4) is 21.6 Å². The van der Waals surface area contributed by atoms with Gasteiger partial charge in [0.05, 0.1) is 0 Å². The average Bonchev–Trinajstić information content (AvgIpc) is 3.27. The van der Waals surface area contributed by atoms with Crippen LogP contribution >= 0.6 is 11.3 Å². The second kappa shape index (κ2) is 6.41. The van der Waals surface area contributed by atoms with Crippen LogP contribution in [-0.2, 0) is 0 Å². The molecule has 0 aliphatic rings. The summed E-state index contributed by atoms with van der Waals surface area (Å²) in [5.41, 5.74) is 3.85. The third kappa shape index (κ3) is 2.54. The van der Waals surface area contributed by atoms with Crippen LogP contribution in [0.3, 0.4) is 0 Å². The van der Waals surface area contributed by atoms with E-state index in [0.29, 0.717) is 0 Å². The van der Waals surface area contributed by atoms with Crippen LogP contribution in [0.2, 0.25) is 0 Å². The molecule has 144 valence electrons. The predicted molar refractivity (Wildman–Crippen MR) is 136 cm³/mol. The molecule has 7 rings (SSSR count). The molecule has 6 aromatic carbocycles. The summed E-state index contributed by atoms with van der Waals surface area (Å²) in [5, 5.41) is 9.34. The van der Waals surface area contributed by atoms with Crippen LogP contribution in [0.5, 0.6) is 0 Å². The van der Waals surface area contributed by atoms with E-state index in [2.05, 4.69) is 109 Å². The summed E-state index contributed by atoms with van der Waals surface area (Å²) in [6.45, 7) is 0. The molecule has 0 aliphatic heterocycles. The maximum Gasteiger partial charge on any atom is 0.0355 e. The zero-order valence-electron chi connectivity index (χ0n) is 16.8. The molecule has 0 N–H and O–H groups in total. The second-order valence-electron chi connectivity index (χ2n) is 8.19. The number of hydrogen-bond acceptors (Lipinski definition) is 1. The van der Waals surface area contributed by atoms with Crippen molar-refractivity contribution >= 4 is 53.7 Å². The fraction of sp³-hybridized carbons (Fsp3) is 0. The summed E-state index contributed by atoms with van der Waals surface area (Å²) < 4.78 is 1.34. The number of fused-ring (bicyclic) bond motifs is 1. The Bertz CT molecular complexity index is 1670. The zero-order chi connectivity index (χ0) is 20.4. The van der Waals surface area contributed by atoms with Gasteiger partial charge in [0.15, 0.2) is 0 Å². The largest absolute Gasteiger partial charge is 0.135 e. The van der Waals surface area contributed by atoms with E-state index >= 15 is 0 Å². The summed E-state index contributed by atoms with van der Waals surface area (Å²) in [6, 6.07) is 40.1. The van der Waals surface area contributed by atoms with Crippen molar-refractivity contribution in [1.29, 1.82) is 0 Å². The molecule has 0 fully saturated rings. The van der Waals surface area contributed by atoms with Crippen LogP contribution in [0, 0.1) is 0 Å². The minimum atomic E-state index is 1.27. The molecule has 0 saturated carbocycles. The lowest BCUT2D eigenvalue weighted by Crippen LogP contribution is -1.87. The summed E-state index contributed by atoms with van der Waals surface area (Å²) in [7, 11) is 0. The van der Waals surface area contributed by atoms with E-state index in [1.54, 1.807) is 0 Å². The van der Waals surface area contributed by atoms with Gasteiger partial charge >= 0.3 is 0 Å². The summed E-state index contributed by atoms with van der Waals surface area (Å²) in [5.74, 6) is 0. The molecule has 7 aromatic rings. The molecule has 31 heavy (non-hydrogen) atoms. The fourth-order valence-electron chi connectivity index (χ4n) is 4.93. The fourth-order valence-corrected chi connectivity index (χ4v) is 5.99. The van der Waals surface area contributed by atoms with E-state index in [0.717, 1.165) is 0 Å². The van der Waals surface area contributed by atoms with E-state index in [1.165, 1.54) is 64.0 Å². The van der Waals surface area contributed by atoms with Gasteiger partial charge < -0.3 is 0 Å². The molecule has 0 saturated heterocycles. The molecular weight excluding hydrogens is 392 g/mol. The molecule has 0 amide bonds. The Morgan fingerprint density at radius 2 is 1.10 bits per heavy atom. The lowest BCUT2D eigenvalue weighted by molar-refractivity contribution is 1.66. The van der Waals surface area contributed by atoms with Gasteiger partial charge in [0.1, 0.15) is 0 Å². The van der Waals surface area contributed by atoms with Gasteiger partial charge in [-0.15, -0.1) is 11.3 Å². The van der Waals surface area contributed by atoms with Crippen molar-refractivity contribution in [2.75, 3.05) is 0 Å². The Labute approximate surface area is 184 Å². The van der Waals surface area contributed by atoms with Crippen LogP contribution in [-0.4, -0.2) is 0 Å². The average molecular weight is 411 g/mol. The van der Waals surface area contributed by atoms with Crippen molar-refractivity contribution in [2.45, 2.75) is 0 Å². The molecule has 1 heteroatoms. The van der Waals surface area contributed by atoms with E-state index in [4.69, 9.17) is 0 Å². The zero-order valence-corrected chi connectivity index (χ0v) is 17.6. The van der Waals surface area contributed by atoms with Crippen LogP contribution in [0.1, 0.15) is 0 Å². The van der Waals surface area contributed by atoms with E-state index < -0.39 is 0 Å². The van der Waals surface area contributed by atoms with Gasteiger partial charge in [0, 0.05) is 9.58 Å². The maximum atomic E-state index is 2.30. The first-order valence-electron chi connectivity index (χ1n) is 10.6. The molecule has 1 heterocycles. The van der Waals surface area contributed by atoms with E-state index in [-0.39, 0.29) is 0 Å². The van der Waals surface area contributed by atoms with Crippen LogP contribution in [0.15, 0.2) is 109 Å². The summed E-state index contributed by atoms with van der Waals surface area (Å²) in [4.78, 5) is 1.32. The molecule has 0 atom stereocenters.